The molecule has 0 saturated carbocycles. The van der Waals surface area contributed by atoms with Gasteiger partial charge in [0, 0.05) is 25.6 Å². The average molecular weight is 600 g/mol. The normalized spacial score (nSPS) is 12.5. The molecule has 7 nitrogen and oxygen atoms in total. The van der Waals surface area contributed by atoms with E-state index >= 15 is 0 Å². The number of nitrogens with one attached hydrogen (secondary N) is 1. The Balaban J connectivity index is 2.10. The molecule has 0 radical (unpaired) electrons. The maximum Gasteiger partial charge on any atom is 0.416 e. The Hall–Kier alpha value is -3.64. The number of nitrogens with zero attached hydrogens (tertiary/aromatic N) is 2. The zero-order chi connectivity index (χ0) is 29.7. The van der Waals surface area contributed by atoms with Gasteiger partial charge in [-0.2, -0.15) is 13.2 Å². The number of carbonyl (C=O) groups excluding carboxylic acids is 2. The summed E-state index contributed by atoms with van der Waals surface area (Å²) in [7, 11) is -3.02. The molecule has 1 atom stereocenters. The number of rotatable bonds is 10. The smallest absolute Gasteiger partial charge is 0.357 e. The van der Waals surface area contributed by atoms with Crippen LogP contribution in [0, 0.1) is 5.82 Å². The zero-order valence-electron chi connectivity index (χ0n) is 21.5. The molecule has 3 aromatic rings. The second kappa shape index (κ2) is 12.7. The van der Waals surface area contributed by atoms with Crippen molar-refractivity contribution in [3.05, 3.63) is 100 Å². The van der Waals surface area contributed by atoms with E-state index in [-0.39, 0.29) is 17.0 Å². The van der Waals surface area contributed by atoms with Crippen molar-refractivity contribution in [3.8, 4) is 0 Å². The van der Waals surface area contributed by atoms with E-state index in [0.717, 1.165) is 17.0 Å². The molecule has 3 aromatic carbocycles. The highest BCUT2D eigenvalue weighted by Gasteiger charge is 2.35. The molecule has 0 unspecified atom stereocenters. The van der Waals surface area contributed by atoms with Crippen LogP contribution in [0.2, 0.25) is 5.02 Å². The number of hydrogen-bond donors (Lipinski definition) is 1. The summed E-state index contributed by atoms with van der Waals surface area (Å²) < 4.78 is 80.8. The van der Waals surface area contributed by atoms with Crippen LogP contribution in [0.4, 0.5) is 23.2 Å². The van der Waals surface area contributed by atoms with E-state index < -0.39 is 64.2 Å². The molecule has 1 N–H and O–H groups in total. The van der Waals surface area contributed by atoms with Crippen molar-refractivity contribution in [2.75, 3.05) is 24.2 Å². The van der Waals surface area contributed by atoms with Crippen molar-refractivity contribution in [3.63, 3.8) is 0 Å². The third kappa shape index (κ3) is 7.72. The lowest BCUT2D eigenvalue weighted by atomic mass is 10.0. The van der Waals surface area contributed by atoms with E-state index in [9.17, 15) is 35.6 Å². The number of likely N-dealkylation sites (N-methyl/N-ethyl adjacent to an activating group) is 1. The molecule has 3 rings (SSSR count). The molecule has 0 aliphatic rings. The molecule has 0 spiro atoms. The van der Waals surface area contributed by atoms with Crippen molar-refractivity contribution in [1.82, 2.24) is 10.2 Å². The quantitative estimate of drug-likeness (QED) is 0.344. The Labute approximate surface area is 234 Å². The maximum atomic E-state index is 14.6. The van der Waals surface area contributed by atoms with Crippen molar-refractivity contribution < 1.29 is 35.6 Å². The van der Waals surface area contributed by atoms with Crippen LogP contribution < -0.4 is 9.62 Å². The van der Waals surface area contributed by atoms with Gasteiger partial charge in [-0.3, -0.25) is 13.9 Å². The lowest BCUT2D eigenvalue weighted by Crippen LogP contribution is -2.53. The van der Waals surface area contributed by atoms with Crippen LogP contribution >= 0.6 is 11.6 Å². The van der Waals surface area contributed by atoms with Gasteiger partial charge in [0.15, 0.2) is 0 Å². The standard InChI is InChI=1S/C27H26ClF4N3O4S/c1-33-26(37)24(14-18-8-4-3-5-9-18)34(16-19-10-6-7-11-22(19)29)25(36)17-35(40(2,38)39)23-15-20(27(30,31)32)12-13-21(23)28/h3-13,15,24H,14,16-17H2,1-2H3,(H,33,37)/t24-/m1/s1. The van der Waals surface area contributed by atoms with Crippen LogP contribution in [0.15, 0.2) is 72.8 Å². The minimum atomic E-state index is -4.82. The summed E-state index contributed by atoms with van der Waals surface area (Å²) in [5, 5.41) is 2.12. The summed E-state index contributed by atoms with van der Waals surface area (Å²) >= 11 is 6.09. The predicted molar refractivity (Wildman–Crippen MR) is 144 cm³/mol. The maximum absolute atomic E-state index is 14.6. The Kier molecular flexibility index (Phi) is 9.80. The fourth-order valence-electron chi connectivity index (χ4n) is 4.01. The van der Waals surface area contributed by atoms with E-state index in [4.69, 9.17) is 11.6 Å². The zero-order valence-corrected chi connectivity index (χ0v) is 23.0. The molecular formula is C27H26ClF4N3O4S. The summed E-state index contributed by atoms with van der Waals surface area (Å²) in [6, 6.07) is 15.0. The van der Waals surface area contributed by atoms with Crippen LogP contribution in [0.25, 0.3) is 0 Å². The fraction of sp³-hybridized carbons (Fsp3) is 0.259. The van der Waals surface area contributed by atoms with Crippen molar-refractivity contribution in [2.45, 2.75) is 25.2 Å². The summed E-state index contributed by atoms with van der Waals surface area (Å²) in [5.74, 6) is -2.25. The first kappa shape index (κ1) is 30.9. The summed E-state index contributed by atoms with van der Waals surface area (Å²) in [6.45, 7) is -1.43. The molecule has 13 heteroatoms. The van der Waals surface area contributed by atoms with Crippen molar-refractivity contribution >= 4 is 39.1 Å². The lowest BCUT2D eigenvalue weighted by molar-refractivity contribution is -0.139. The number of benzene rings is 3. The van der Waals surface area contributed by atoms with E-state index in [0.29, 0.717) is 28.3 Å². The summed E-state index contributed by atoms with van der Waals surface area (Å²) in [4.78, 5) is 27.8. The number of amides is 2. The Morgan fingerprint density at radius 1 is 1.00 bits per heavy atom. The Morgan fingerprint density at radius 3 is 2.20 bits per heavy atom. The van der Waals surface area contributed by atoms with Crippen LogP contribution in [-0.4, -0.2) is 51.0 Å². The second-order valence-corrected chi connectivity index (χ2v) is 11.2. The fourth-order valence-corrected chi connectivity index (χ4v) is 5.13. The third-order valence-corrected chi connectivity index (χ3v) is 7.48. The van der Waals surface area contributed by atoms with Gasteiger partial charge < -0.3 is 10.2 Å². The first-order valence-corrected chi connectivity index (χ1v) is 14.1. The molecule has 2 amide bonds. The number of anilines is 1. The molecule has 0 fully saturated rings. The molecule has 0 heterocycles. The first-order chi connectivity index (χ1) is 18.7. The van der Waals surface area contributed by atoms with E-state index in [1.807, 2.05) is 0 Å². The molecular weight excluding hydrogens is 574 g/mol. The number of hydrogen-bond acceptors (Lipinski definition) is 4. The monoisotopic (exact) mass is 599 g/mol. The SMILES string of the molecule is CNC(=O)[C@@H](Cc1ccccc1)N(Cc1ccccc1F)C(=O)CN(c1cc(C(F)(F)F)ccc1Cl)S(C)(=O)=O. The number of halogens is 5. The number of carbonyl (C=O) groups is 2. The lowest BCUT2D eigenvalue weighted by Gasteiger charge is -2.33. The number of alkyl halides is 3. The summed E-state index contributed by atoms with van der Waals surface area (Å²) in [6.07, 6.45) is -4.12. The van der Waals surface area contributed by atoms with Gasteiger partial charge in [0.05, 0.1) is 22.5 Å². The largest absolute Gasteiger partial charge is 0.416 e. The van der Waals surface area contributed by atoms with Gasteiger partial charge >= 0.3 is 6.18 Å². The van der Waals surface area contributed by atoms with Crippen molar-refractivity contribution in [1.29, 1.82) is 0 Å². The highest BCUT2D eigenvalue weighted by molar-refractivity contribution is 7.92. The first-order valence-electron chi connectivity index (χ1n) is 11.8. The number of sulfonamides is 1. The van der Waals surface area contributed by atoms with Gasteiger partial charge in [0.2, 0.25) is 21.8 Å². The highest BCUT2D eigenvalue weighted by atomic mass is 35.5. The van der Waals surface area contributed by atoms with Crippen LogP contribution in [0.1, 0.15) is 16.7 Å². The predicted octanol–water partition coefficient (Wildman–Crippen LogP) is 4.65. The summed E-state index contributed by atoms with van der Waals surface area (Å²) in [5.41, 5.74) is -1.05. The molecule has 214 valence electrons. The van der Waals surface area contributed by atoms with Gasteiger partial charge in [-0.25, -0.2) is 12.8 Å². The molecule has 0 bridgehead atoms. The topological polar surface area (TPSA) is 86.8 Å². The van der Waals surface area contributed by atoms with E-state index in [1.165, 1.54) is 25.2 Å². The van der Waals surface area contributed by atoms with Gasteiger partial charge in [0.25, 0.3) is 0 Å². The van der Waals surface area contributed by atoms with Gasteiger partial charge in [0.1, 0.15) is 18.4 Å². The Morgan fingerprint density at radius 2 is 1.62 bits per heavy atom. The van der Waals surface area contributed by atoms with Gasteiger partial charge in [-0.05, 0) is 29.8 Å². The molecule has 0 saturated heterocycles. The second-order valence-electron chi connectivity index (χ2n) is 8.87. The molecule has 0 aromatic heterocycles. The van der Waals surface area contributed by atoms with Crippen LogP contribution in [-0.2, 0) is 38.8 Å². The third-order valence-electron chi connectivity index (χ3n) is 6.04. The molecule has 0 aliphatic carbocycles. The van der Waals surface area contributed by atoms with Crippen LogP contribution in [0.3, 0.4) is 0 Å². The Bertz CT molecular complexity index is 1470. The van der Waals surface area contributed by atoms with E-state index in [1.54, 1.807) is 30.3 Å². The minimum absolute atomic E-state index is 0.0100. The van der Waals surface area contributed by atoms with Gasteiger partial charge in [-0.15, -0.1) is 0 Å². The molecule has 0 aliphatic heterocycles. The van der Waals surface area contributed by atoms with Gasteiger partial charge in [-0.1, -0.05) is 60.1 Å². The van der Waals surface area contributed by atoms with E-state index in [2.05, 4.69) is 5.32 Å². The average Bonchev–Trinajstić information content (AvgIpc) is 2.89. The highest BCUT2D eigenvalue weighted by Crippen LogP contribution is 2.36. The minimum Gasteiger partial charge on any atom is -0.357 e. The van der Waals surface area contributed by atoms with Crippen molar-refractivity contribution in [2.24, 2.45) is 0 Å². The molecule has 40 heavy (non-hydrogen) atoms. The van der Waals surface area contributed by atoms with Crippen LogP contribution in [0.5, 0.6) is 0 Å².